The quantitative estimate of drug-likeness (QED) is 0.854. The maximum absolute atomic E-state index is 10.5. The zero-order valence-electron chi connectivity index (χ0n) is 11.5. The lowest BCUT2D eigenvalue weighted by Gasteiger charge is -2.36. The predicted molar refractivity (Wildman–Crippen MR) is 73.1 cm³/mol. The molecule has 2 rings (SSSR count). The van der Waals surface area contributed by atoms with Crippen molar-refractivity contribution in [2.24, 2.45) is 0 Å². The van der Waals surface area contributed by atoms with Gasteiger partial charge < -0.3 is 19.8 Å². The molecule has 0 spiro atoms. The van der Waals surface area contributed by atoms with Crippen molar-refractivity contribution in [3.63, 3.8) is 0 Å². The smallest absolute Gasteiger partial charge is 0.0931 e. The van der Waals surface area contributed by atoms with Crippen molar-refractivity contribution in [3.8, 4) is 0 Å². The molecule has 1 aromatic rings. The average molecular weight is 266 g/mol. The van der Waals surface area contributed by atoms with Gasteiger partial charge in [0.1, 0.15) is 0 Å². The van der Waals surface area contributed by atoms with E-state index in [0.717, 1.165) is 5.69 Å². The molecule has 1 aliphatic heterocycles. The highest BCUT2D eigenvalue weighted by Gasteiger charge is 2.31. The van der Waals surface area contributed by atoms with Crippen molar-refractivity contribution >= 4 is 5.69 Å². The van der Waals surface area contributed by atoms with Gasteiger partial charge in [-0.1, -0.05) is 0 Å². The molecule has 106 valence electrons. The van der Waals surface area contributed by atoms with E-state index in [-0.39, 0.29) is 0 Å². The van der Waals surface area contributed by atoms with Crippen molar-refractivity contribution in [2.45, 2.75) is 31.5 Å². The van der Waals surface area contributed by atoms with Crippen molar-refractivity contribution in [3.05, 3.63) is 24.0 Å². The first-order valence-electron chi connectivity index (χ1n) is 6.65. The maximum atomic E-state index is 10.5. The standard InChI is InChI=1S/C14H22N2O3/c1-11(17)13-4-3-12(9-15-13)16(2)10-14(18)5-7-19-8-6-14/h3-4,9,11,17-18H,5-8,10H2,1-2H3/t11-/m1/s1. The van der Waals surface area contributed by atoms with E-state index in [1.54, 1.807) is 13.1 Å². The van der Waals surface area contributed by atoms with Gasteiger partial charge in [-0.3, -0.25) is 4.98 Å². The Balaban J connectivity index is 2.00. The van der Waals surface area contributed by atoms with E-state index in [1.807, 2.05) is 24.1 Å². The van der Waals surface area contributed by atoms with Crippen LogP contribution in [0.1, 0.15) is 31.6 Å². The topological polar surface area (TPSA) is 65.8 Å². The largest absolute Gasteiger partial charge is 0.388 e. The first-order valence-corrected chi connectivity index (χ1v) is 6.65. The Morgan fingerprint density at radius 3 is 2.63 bits per heavy atom. The molecule has 0 radical (unpaired) electrons. The minimum absolute atomic E-state index is 0.556. The third-order valence-corrected chi connectivity index (χ3v) is 3.59. The highest BCUT2D eigenvalue weighted by Crippen LogP contribution is 2.24. The molecule has 0 amide bonds. The van der Waals surface area contributed by atoms with Crippen molar-refractivity contribution in [2.75, 3.05) is 31.7 Å². The fourth-order valence-corrected chi connectivity index (χ4v) is 2.31. The second kappa shape index (κ2) is 5.86. The van der Waals surface area contributed by atoms with Crippen LogP contribution in [0, 0.1) is 0 Å². The molecule has 1 aromatic heterocycles. The zero-order valence-corrected chi connectivity index (χ0v) is 11.5. The third kappa shape index (κ3) is 3.65. The van der Waals surface area contributed by atoms with Crippen LogP contribution >= 0.6 is 0 Å². The second-order valence-corrected chi connectivity index (χ2v) is 5.31. The Morgan fingerprint density at radius 1 is 1.42 bits per heavy atom. The first kappa shape index (κ1) is 14.2. The number of nitrogens with zero attached hydrogens (tertiary/aromatic N) is 2. The lowest BCUT2D eigenvalue weighted by atomic mass is 9.94. The molecule has 0 aliphatic carbocycles. The van der Waals surface area contributed by atoms with Crippen molar-refractivity contribution in [1.82, 2.24) is 4.98 Å². The summed E-state index contributed by atoms with van der Waals surface area (Å²) < 4.78 is 5.28. The second-order valence-electron chi connectivity index (χ2n) is 5.31. The van der Waals surface area contributed by atoms with Crippen LogP contribution in [-0.2, 0) is 4.74 Å². The molecule has 1 aliphatic rings. The van der Waals surface area contributed by atoms with E-state index in [9.17, 15) is 10.2 Å². The van der Waals surface area contributed by atoms with E-state index in [0.29, 0.717) is 38.3 Å². The summed E-state index contributed by atoms with van der Waals surface area (Å²) in [4.78, 5) is 6.21. The zero-order chi connectivity index (χ0) is 13.9. The van der Waals surface area contributed by atoms with Crippen molar-refractivity contribution in [1.29, 1.82) is 0 Å². The number of pyridine rings is 1. The Kier molecular flexibility index (Phi) is 4.39. The molecule has 1 fully saturated rings. The molecule has 19 heavy (non-hydrogen) atoms. The number of rotatable bonds is 4. The van der Waals surface area contributed by atoms with E-state index < -0.39 is 11.7 Å². The van der Waals surface area contributed by atoms with Crippen LogP contribution in [0.2, 0.25) is 0 Å². The van der Waals surface area contributed by atoms with E-state index >= 15 is 0 Å². The number of hydrogen-bond acceptors (Lipinski definition) is 5. The van der Waals surface area contributed by atoms with E-state index in [4.69, 9.17) is 4.74 Å². The van der Waals surface area contributed by atoms with Gasteiger partial charge in [-0.15, -0.1) is 0 Å². The third-order valence-electron chi connectivity index (χ3n) is 3.59. The highest BCUT2D eigenvalue weighted by molar-refractivity contribution is 5.44. The number of aliphatic hydroxyl groups excluding tert-OH is 1. The van der Waals surface area contributed by atoms with Crippen LogP contribution in [0.3, 0.4) is 0 Å². The summed E-state index contributed by atoms with van der Waals surface area (Å²) in [6, 6.07) is 3.72. The molecule has 2 heterocycles. The van der Waals surface area contributed by atoms with Gasteiger partial charge in [0.2, 0.25) is 0 Å². The SMILES string of the molecule is C[C@@H](O)c1ccc(N(C)CC2(O)CCOCC2)cn1. The van der Waals surface area contributed by atoms with Crippen LogP contribution < -0.4 is 4.90 Å². The van der Waals surface area contributed by atoms with Crippen molar-refractivity contribution < 1.29 is 14.9 Å². The lowest BCUT2D eigenvalue weighted by molar-refractivity contribution is -0.0572. The number of ether oxygens (including phenoxy) is 1. The van der Waals surface area contributed by atoms with Gasteiger partial charge in [0.25, 0.3) is 0 Å². The van der Waals surface area contributed by atoms with Crippen LogP contribution in [-0.4, -0.2) is 47.6 Å². The van der Waals surface area contributed by atoms with Crippen LogP contribution in [0.4, 0.5) is 5.69 Å². The van der Waals surface area contributed by atoms with Crippen LogP contribution in [0.15, 0.2) is 18.3 Å². The average Bonchev–Trinajstić information content (AvgIpc) is 2.39. The maximum Gasteiger partial charge on any atom is 0.0931 e. The number of likely N-dealkylation sites (N-methyl/N-ethyl adjacent to an activating group) is 1. The number of aromatic nitrogens is 1. The molecule has 0 aromatic carbocycles. The summed E-state index contributed by atoms with van der Waals surface area (Å²) in [6.45, 7) is 3.48. The summed E-state index contributed by atoms with van der Waals surface area (Å²) in [5.74, 6) is 0. The van der Waals surface area contributed by atoms with Gasteiger partial charge >= 0.3 is 0 Å². The van der Waals surface area contributed by atoms with Gasteiger partial charge in [-0.25, -0.2) is 0 Å². The summed E-state index contributed by atoms with van der Waals surface area (Å²) >= 11 is 0. The monoisotopic (exact) mass is 266 g/mol. The number of hydrogen-bond donors (Lipinski definition) is 2. The fraction of sp³-hybridized carbons (Fsp3) is 0.643. The molecule has 1 saturated heterocycles. The van der Waals surface area contributed by atoms with Crippen LogP contribution in [0.25, 0.3) is 0 Å². The normalized spacial score (nSPS) is 20.0. The fourth-order valence-electron chi connectivity index (χ4n) is 2.31. The van der Waals surface area contributed by atoms with Gasteiger partial charge in [0.15, 0.2) is 0 Å². The molecule has 5 heteroatoms. The number of anilines is 1. The van der Waals surface area contributed by atoms with Gasteiger partial charge in [-0.2, -0.15) is 0 Å². The summed E-state index contributed by atoms with van der Waals surface area (Å²) in [7, 11) is 1.94. The predicted octanol–water partition coefficient (Wildman–Crippen LogP) is 1.11. The summed E-state index contributed by atoms with van der Waals surface area (Å²) in [6.07, 6.45) is 2.50. The van der Waals surface area contributed by atoms with Gasteiger partial charge in [0.05, 0.1) is 29.3 Å². The summed E-state index contributed by atoms with van der Waals surface area (Å²) in [5.41, 5.74) is 0.905. The molecule has 5 nitrogen and oxygen atoms in total. The molecule has 0 unspecified atom stereocenters. The number of aliphatic hydroxyl groups is 2. The molecular weight excluding hydrogens is 244 g/mol. The van der Waals surface area contributed by atoms with E-state index in [1.165, 1.54) is 0 Å². The Morgan fingerprint density at radius 2 is 2.11 bits per heavy atom. The highest BCUT2D eigenvalue weighted by atomic mass is 16.5. The molecular formula is C14H22N2O3. The Labute approximate surface area is 113 Å². The molecule has 1 atom stereocenters. The van der Waals surface area contributed by atoms with Gasteiger partial charge in [-0.05, 0) is 19.1 Å². The molecule has 2 N–H and O–H groups in total. The molecule has 0 saturated carbocycles. The van der Waals surface area contributed by atoms with Gasteiger partial charge in [0, 0.05) is 39.6 Å². The Hall–Kier alpha value is -1.17. The summed E-state index contributed by atoms with van der Waals surface area (Å²) in [5, 5.41) is 19.9. The minimum atomic E-state index is -0.685. The van der Waals surface area contributed by atoms with E-state index in [2.05, 4.69) is 4.98 Å². The lowest BCUT2D eigenvalue weighted by Crippen LogP contribution is -2.45. The van der Waals surface area contributed by atoms with Crippen LogP contribution in [0.5, 0.6) is 0 Å². The Bertz CT molecular complexity index is 400. The molecule has 0 bridgehead atoms. The first-order chi connectivity index (χ1) is 9.00. The minimum Gasteiger partial charge on any atom is -0.388 e.